The molecule has 2 aromatic rings. The Morgan fingerprint density at radius 1 is 0.892 bits per heavy atom. The van der Waals surface area contributed by atoms with E-state index < -0.39 is 23.5 Å². The first-order valence-corrected chi connectivity index (χ1v) is 13.9. The number of hydrogen-bond acceptors (Lipinski definition) is 2. The number of rotatable bonds is 9. The molecule has 4 rings (SSSR count). The molecule has 2 aromatic carbocycles. The predicted molar refractivity (Wildman–Crippen MR) is 137 cm³/mol. The quantitative estimate of drug-likeness (QED) is 0.143. The maximum Gasteiger partial charge on any atom is 0.416 e. The number of ether oxygens (including phenoxy) is 1. The normalized spacial score (nSPS) is 23.9. The van der Waals surface area contributed by atoms with Crippen LogP contribution < -0.4 is 4.74 Å². The Labute approximate surface area is 217 Å². The number of unbranched alkanes of at least 4 members (excludes halogenated alkanes) is 4. The van der Waals surface area contributed by atoms with Crippen molar-refractivity contribution >= 4 is 5.97 Å². The average Bonchev–Trinajstić information content (AvgIpc) is 2.88. The van der Waals surface area contributed by atoms with E-state index in [9.17, 15) is 18.0 Å². The highest BCUT2D eigenvalue weighted by Crippen LogP contribution is 2.48. The minimum Gasteiger partial charge on any atom is -0.423 e. The average molecular weight is 519 g/mol. The lowest BCUT2D eigenvalue weighted by Crippen LogP contribution is -2.30. The highest BCUT2D eigenvalue weighted by atomic mass is 19.4. The number of fused-ring (bicyclic) bond motifs is 1. The number of carbonyl (C=O) groups excluding carboxylic acids is 1. The number of halogens is 4. The van der Waals surface area contributed by atoms with Crippen molar-refractivity contribution in [3.8, 4) is 5.75 Å². The summed E-state index contributed by atoms with van der Waals surface area (Å²) in [6.45, 7) is 2.25. The van der Waals surface area contributed by atoms with Crippen LogP contribution in [0.25, 0.3) is 0 Å². The van der Waals surface area contributed by atoms with Crippen molar-refractivity contribution in [3.63, 3.8) is 0 Å². The largest absolute Gasteiger partial charge is 0.423 e. The first-order chi connectivity index (χ1) is 17.7. The van der Waals surface area contributed by atoms with Gasteiger partial charge in [-0.05, 0) is 97.7 Å². The summed E-state index contributed by atoms with van der Waals surface area (Å²) in [5.74, 6) is 1.20. The van der Waals surface area contributed by atoms with Gasteiger partial charge in [0, 0.05) is 0 Å². The van der Waals surface area contributed by atoms with Crippen molar-refractivity contribution in [2.24, 2.45) is 17.8 Å². The molecule has 0 spiro atoms. The highest BCUT2D eigenvalue weighted by Gasteiger charge is 2.36. The van der Waals surface area contributed by atoms with E-state index >= 15 is 4.39 Å². The third-order valence-electron chi connectivity index (χ3n) is 8.51. The molecule has 202 valence electrons. The second-order valence-electron chi connectivity index (χ2n) is 11.1. The molecule has 2 fully saturated rings. The molecule has 4 unspecified atom stereocenters. The Kier molecular flexibility index (Phi) is 9.31. The van der Waals surface area contributed by atoms with E-state index in [0.717, 1.165) is 55.4 Å². The number of alkyl halides is 3. The standard InChI is InChI=1S/C31H38F4O2/c1-2-3-4-5-6-7-21-8-9-23-19-24(11-10-22(23)18-21)28-17-12-25(20-29(28)32)30(36)37-27-15-13-26(14-16-27)31(33,34)35/h12-17,20-24H,2-11,18-19H2,1H3. The van der Waals surface area contributed by atoms with E-state index in [-0.39, 0.29) is 17.2 Å². The third kappa shape index (κ3) is 7.36. The molecule has 2 saturated carbocycles. The molecule has 2 aliphatic rings. The predicted octanol–water partition coefficient (Wildman–Crippen LogP) is 9.72. The van der Waals surface area contributed by atoms with Crippen molar-refractivity contribution < 1.29 is 27.1 Å². The van der Waals surface area contributed by atoms with Gasteiger partial charge in [-0.3, -0.25) is 0 Å². The summed E-state index contributed by atoms with van der Waals surface area (Å²) < 4.78 is 58.4. The minimum atomic E-state index is -4.46. The number of carbonyl (C=O) groups is 1. The van der Waals surface area contributed by atoms with Gasteiger partial charge in [-0.25, -0.2) is 9.18 Å². The summed E-state index contributed by atoms with van der Waals surface area (Å²) in [6.07, 6.45) is 10.5. The zero-order chi connectivity index (χ0) is 26.4. The van der Waals surface area contributed by atoms with Gasteiger partial charge in [0.2, 0.25) is 0 Å². The van der Waals surface area contributed by atoms with Crippen LogP contribution in [0.1, 0.15) is 111 Å². The summed E-state index contributed by atoms with van der Waals surface area (Å²) in [4.78, 5) is 12.5. The van der Waals surface area contributed by atoms with E-state index in [1.54, 1.807) is 12.1 Å². The summed E-state index contributed by atoms with van der Waals surface area (Å²) >= 11 is 0. The highest BCUT2D eigenvalue weighted by molar-refractivity contribution is 5.91. The van der Waals surface area contributed by atoms with Gasteiger partial charge in [0.15, 0.2) is 0 Å². The number of hydrogen-bond donors (Lipinski definition) is 0. The van der Waals surface area contributed by atoms with Gasteiger partial charge in [-0.15, -0.1) is 0 Å². The maximum absolute atomic E-state index is 15.1. The van der Waals surface area contributed by atoms with E-state index in [1.165, 1.54) is 63.9 Å². The molecule has 0 aliphatic heterocycles. The van der Waals surface area contributed by atoms with Crippen LogP contribution >= 0.6 is 0 Å². The van der Waals surface area contributed by atoms with E-state index in [0.29, 0.717) is 11.5 Å². The number of esters is 1. The van der Waals surface area contributed by atoms with Crippen LogP contribution in [-0.4, -0.2) is 5.97 Å². The molecule has 0 heterocycles. The molecule has 2 nitrogen and oxygen atoms in total. The van der Waals surface area contributed by atoms with Crippen molar-refractivity contribution in [3.05, 3.63) is 65.0 Å². The third-order valence-corrected chi connectivity index (χ3v) is 8.51. The molecular weight excluding hydrogens is 480 g/mol. The van der Waals surface area contributed by atoms with Gasteiger partial charge in [-0.2, -0.15) is 13.2 Å². The molecule has 0 N–H and O–H groups in total. The van der Waals surface area contributed by atoms with Gasteiger partial charge in [0.25, 0.3) is 0 Å². The van der Waals surface area contributed by atoms with Crippen LogP contribution in [0.5, 0.6) is 5.75 Å². The van der Waals surface area contributed by atoms with Crippen LogP contribution in [0.15, 0.2) is 42.5 Å². The first kappa shape index (κ1) is 27.7. The lowest BCUT2D eigenvalue weighted by atomic mass is 9.63. The molecule has 0 saturated heterocycles. The fourth-order valence-electron chi connectivity index (χ4n) is 6.43. The number of benzene rings is 2. The Morgan fingerprint density at radius 2 is 1.59 bits per heavy atom. The van der Waals surface area contributed by atoms with Gasteiger partial charge in [-0.1, -0.05) is 57.9 Å². The van der Waals surface area contributed by atoms with Gasteiger partial charge < -0.3 is 4.74 Å². The summed E-state index contributed by atoms with van der Waals surface area (Å²) in [5.41, 5.74) is -0.120. The fraction of sp³-hybridized carbons (Fsp3) is 0.581. The van der Waals surface area contributed by atoms with Crippen LogP contribution in [0.3, 0.4) is 0 Å². The molecule has 2 aliphatic carbocycles. The van der Waals surface area contributed by atoms with Gasteiger partial charge >= 0.3 is 12.1 Å². The molecule has 6 heteroatoms. The Bertz CT molecular complexity index is 1030. The Morgan fingerprint density at radius 3 is 2.30 bits per heavy atom. The summed E-state index contributed by atoms with van der Waals surface area (Å²) in [7, 11) is 0. The molecule has 4 atom stereocenters. The summed E-state index contributed by atoms with van der Waals surface area (Å²) in [5, 5.41) is 0. The SMILES string of the molecule is CCCCCCCC1CCC2CC(c3ccc(C(=O)Oc4ccc(C(F)(F)F)cc4)cc3F)CCC2C1. The molecule has 0 amide bonds. The summed E-state index contributed by atoms with van der Waals surface area (Å²) in [6, 6.07) is 8.32. The molecule has 37 heavy (non-hydrogen) atoms. The minimum absolute atomic E-state index is 0.0163. The van der Waals surface area contributed by atoms with Crippen LogP contribution in [-0.2, 0) is 6.18 Å². The lowest BCUT2D eigenvalue weighted by molar-refractivity contribution is -0.137. The monoisotopic (exact) mass is 518 g/mol. The molecule has 0 aromatic heterocycles. The van der Waals surface area contributed by atoms with Crippen molar-refractivity contribution in [1.82, 2.24) is 0 Å². The van der Waals surface area contributed by atoms with Crippen LogP contribution in [0.4, 0.5) is 17.6 Å². The van der Waals surface area contributed by atoms with Crippen molar-refractivity contribution in [1.29, 1.82) is 0 Å². The van der Waals surface area contributed by atoms with Crippen LogP contribution in [0.2, 0.25) is 0 Å². The second kappa shape index (κ2) is 12.4. The fourth-order valence-corrected chi connectivity index (χ4v) is 6.43. The molecule has 0 bridgehead atoms. The Hall–Kier alpha value is -2.37. The van der Waals surface area contributed by atoms with E-state index in [2.05, 4.69) is 6.92 Å². The molecular formula is C31H38F4O2. The molecule has 0 radical (unpaired) electrons. The van der Waals surface area contributed by atoms with Crippen LogP contribution in [0, 0.1) is 23.6 Å². The Balaban J connectivity index is 1.29. The first-order valence-electron chi connectivity index (χ1n) is 13.9. The zero-order valence-electron chi connectivity index (χ0n) is 21.7. The van der Waals surface area contributed by atoms with E-state index in [4.69, 9.17) is 4.74 Å². The van der Waals surface area contributed by atoms with E-state index in [1.807, 2.05) is 0 Å². The lowest BCUT2D eigenvalue weighted by Gasteiger charge is -2.42. The van der Waals surface area contributed by atoms with Crippen molar-refractivity contribution in [2.45, 2.75) is 96.1 Å². The van der Waals surface area contributed by atoms with Gasteiger partial charge in [0.05, 0.1) is 11.1 Å². The van der Waals surface area contributed by atoms with Gasteiger partial charge in [0.1, 0.15) is 11.6 Å². The smallest absolute Gasteiger partial charge is 0.416 e. The second-order valence-corrected chi connectivity index (χ2v) is 11.1. The van der Waals surface area contributed by atoms with Crippen molar-refractivity contribution in [2.75, 3.05) is 0 Å². The topological polar surface area (TPSA) is 26.3 Å². The maximum atomic E-state index is 15.1. The zero-order valence-corrected chi connectivity index (χ0v) is 21.7.